The molecule has 3 saturated heterocycles. The Labute approximate surface area is 392 Å². The molecule has 0 bridgehead atoms. The van der Waals surface area contributed by atoms with Crippen molar-refractivity contribution >= 4 is 5.97 Å². The summed E-state index contributed by atoms with van der Waals surface area (Å²) >= 11 is 0. The second-order valence-electron chi connectivity index (χ2n) is 23.4. The number of fused-ring (bicyclic) bond motifs is 7. The first-order chi connectivity index (χ1) is 31.3. The molecule has 67 heavy (non-hydrogen) atoms. The van der Waals surface area contributed by atoms with Crippen LogP contribution in [0.4, 0.5) is 0 Å². The number of carboxylic acid groups (broad SMARTS) is 1. The summed E-state index contributed by atoms with van der Waals surface area (Å²) in [5.41, 5.74) is -0.887. The fourth-order valence-corrected chi connectivity index (χ4v) is 15.1. The number of allylic oxidation sites excluding steroid dienone is 2. The van der Waals surface area contributed by atoms with E-state index in [0.717, 1.165) is 38.5 Å². The highest BCUT2D eigenvalue weighted by molar-refractivity contribution is 5.73. The fourth-order valence-electron chi connectivity index (χ4n) is 15.1. The number of hydrogen-bond donors (Lipinski definition) is 12. The predicted molar refractivity (Wildman–Crippen MR) is 232 cm³/mol. The molecule has 4 saturated carbocycles. The van der Waals surface area contributed by atoms with Crippen molar-refractivity contribution in [3.63, 3.8) is 0 Å². The lowest BCUT2D eigenvalue weighted by Gasteiger charge is -2.72. The van der Waals surface area contributed by atoms with Gasteiger partial charge in [-0.15, -0.1) is 0 Å². The number of carbonyl (C=O) groups is 1. The number of hydrogen-bond acceptors (Lipinski definition) is 18. The Bertz CT molecular complexity index is 1840. The molecule has 384 valence electrons. The van der Waals surface area contributed by atoms with Gasteiger partial charge in [0.25, 0.3) is 0 Å². The van der Waals surface area contributed by atoms with Crippen molar-refractivity contribution in [3.8, 4) is 0 Å². The summed E-state index contributed by atoms with van der Waals surface area (Å²) < 4.78 is 36.2. The van der Waals surface area contributed by atoms with Crippen LogP contribution in [0.1, 0.15) is 106 Å². The van der Waals surface area contributed by atoms with Crippen LogP contribution in [0, 0.1) is 50.2 Å². The molecule has 8 rings (SSSR count). The molecule has 7 unspecified atom stereocenters. The van der Waals surface area contributed by atoms with Gasteiger partial charge in [-0.2, -0.15) is 0 Å². The van der Waals surface area contributed by atoms with E-state index in [4.69, 9.17) is 28.4 Å². The van der Waals surface area contributed by atoms with Gasteiger partial charge in [-0.25, -0.2) is 4.79 Å². The fraction of sp³-hybridized carbons (Fsp3) is 0.938. The van der Waals surface area contributed by atoms with Gasteiger partial charge in [0.05, 0.1) is 31.5 Å². The maximum atomic E-state index is 12.5. The van der Waals surface area contributed by atoms with Gasteiger partial charge in [0, 0.05) is 17.4 Å². The van der Waals surface area contributed by atoms with E-state index in [0.29, 0.717) is 19.3 Å². The van der Waals surface area contributed by atoms with Gasteiger partial charge in [0.1, 0.15) is 61.0 Å². The van der Waals surface area contributed by atoms with E-state index >= 15 is 0 Å². The SMILES string of the molecule is C[C@@H]1O[C@@H](O[C@H]2[C@H](O[C@H]3[C@H](OC4CCC5(C)C6CC=C7C8C[C@@](C)(CO)CC(O)C8(C)CC[C@@]7(C)C6(C)CC[C@H]5[C@@]4(C)CO)O[C@H](C(=O)O)[C@@H](O)[C@@H]3O)O[C@H](CO)[C@H](O)[C@@H]2O)[C@H](O)[C@H](O)[C@H]1O. The number of aliphatic hydroxyl groups excluding tert-OH is 11. The Morgan fingerprint density at radius 2 is 1.30 bits per heavy atom. The second kappa shape index (κ2) is 18.2. The Morgan fingerprint density at radius 1 is 0.657 bits per heavy atom. The molecule has 12 N–H and O–H groups in total. The molecule has 26 atom stereocenters. The van der Waals surface area contributed by atoms with E-state index in [-0.39, 0.29) is 58.0 Å². The minimum atomic E-state index is -2.08. The number of aliphatic hydroxyl groups is 11. The van der Waals surface area contributed by atoms with E-state index < -0.39 is 122 Å². The first kappa shape index (κ1) is 51.9. The standard InChI is InChI=1S/C48H78O19/c1-21-29(53)31(55)35(59)40(62-21)66-37-32(56)30(54)24(18-49)63-41(37)67-38-34(58)33(57)36(39(60)61)65-42(38)64-28-11-12-45(4)25(46(28,5)20-51)10-13-48(7)26(45)9-8-22-23-16-43(2,19-50)17-27(52)44(23,3)14-15-47(22,48)6/h8,21,23-38,40-42,49-59H,9-20H2,1-7H3,(H,60,61)/t21-,23?,24+,25+,26?,27?,28?,29-,30-,31+,32-,33-,34-,35+,36-,37+,38+,40-,41-,42+,43+,44?,45?,46+,47+,48?/m0/s1. The second-order valence-corrected chi connectivity index (χ2v) is 23.4. The number of aliphatic carboxylic acids is 1. The quantitative estimate of drug-likeness (QED) is 0.0986. The van der Waals surface area contributed by atoms with Crippen molar-refractivity contribution < 1.29 is 94.5 Å². The molecule has 7 fully saturated rings. The minimum absolute atomic E-state index is 0.0116. The molecule has 8 aliphatic rings. The zero-order valence-corrected chi connectivity index (χ0v) is 39.8. The molecule has 0 aromatic carbocycles. The molecule has 0 spiro atoms. The van der Waals surface area contributed by atoms with Crippen molar-refractivity contribution in [2.45, 2.75) is 211 Å². The van der Waals surface area contributed by atoms with Crippen LogP contribution in [0.25, 0.3) is 0 Å². The average Bonchev–Trinajstić information content (AvgIpc) is 3.28. The van der Waals surface area contributed by atoms with E-state index in [1.54, 1.807) is 0 Å². The molecule has 0 amide bonds. The highest BCUT2D eigenvalue weighted by Crippen LogP contribution is 2.76. The monoisotopic (exact) mass is 959 g/mol. The normalized spacial score (nSPS) is 56.7. The van der Waals surface area contributed by atoms with E-state index in [2.05, 4.69) is 40.7 Å². The molecule has 5 aliphatic carbocycles. The molecule has 0 aromatic rings. The largest absolute Gasteiger partial charge is 0.479 e. The zero-order chi connectivity index (χ0) is 49.1. The Morgan fingerprint density at radius 3 is 1.93 bits per heavy atom. The lowest BCUT2D eigenvalue weighted by atomic mass is 9.33. The Kier molecular flexibility index (Phi) is 14.1. The topological polar surface area (TPSA) is 315 Å². The molecule has 3 heterocycles. The summed E-state index contributed by atoms with van der Waals surface area (Å²) in [6, 6.07) is 0. The van der Waals surface area contributed by atoms with Crippen LogP contribution in [0.2, 0.25) is 0 Å². The number of ether oxygens (including phenoxy) is 6. The van der Waals surface area contributed by atoms with Gasteiger partial charge in [-0.3, -0.25) is 0 Å². The lowest BCUT2D eigenvalue weighted by Crippen LogP contribution is -2.68. The van der Waals surface area contributed by atoms with Crippen LogP contribution in [-0.4, -0.2) is 191 Å². The maximum Gasteiger partial charge on any atom is 0.335 e. The molecule has 0 radical (unpaired) electrons. The maximum absolute atomic E-state index is 12.5. The zero-order valence-electron chi connectivity index (χ0n) is 39.8. The third kappa shape index (κ3) is 8.01. The van der Waals surface area contributed by atoms with Crippen molar-refractivity contribution in [1.82, 2.24) is 0 Å². The Hall–Kier alpha value is -1.47. The first-order valence-corrected chi connectivity index (χ1v) is 24.4. The highest BCUT2D eigenvalue weighted by Gasteiger charge is 2.70. The third-order valence-electron chi connectivity index (χ3n) is 19.8. The van der Waals surface area contributed by atoms with Gasteiger partial charge in [0.15, 0.2) is 25.0 Å². The summed E-state index contributed by atoms with van der Waals surface area (Å²) in [6.07, 6.45) is -18.8. The molecule has 19 nitrogen and oxygen atoms in total. The molecule has 0 aromatic heterocycles. The summed E-state index contributed by atoms with van der Waals surface area (Å²) in [6.45, 7) is 13.6. The van der Waals surface area contributed by atoms with Crippen LogP contribution in [0.5, 0.6) is 0 Å². The summed E-state index contributed by atoms with van der Waals surface area (Å²) in [5.74, 6) is -1.41. The average molecular weight is 959 g/mol. The van der Waals surface area contributed by atoms with Gasteiger partial charge < -0.3 is 89.7 Å². The first-order valence-electron chi connectivity index (χ1n) is 24.4. The van der Waals surface area contributed by atoms with Crippen molar-refractivity contribution in [3.05, 3.63) is 11.6 Å². The minimum Gasteiger partial charge on any atom is -0.479 e. The van der Waals surface area contributed by atoms with Crippen molar-refractivity contribution in [2.24, 2.45) is 50.2 Å². The van der Waals surface area contributed by atoms with Gasteiger partial charge >= 0.3 is 5.97 Å². The van der Waals surface area contributed by atoms with Gasteiger partial charge in [-0.1, -0.05) is 53.2 Å². The summed E-state index contributed by atoms with van der Waals surface area (Å²) in [5, 5.41) is 130. The van der Waals surface area contributed by atoms with Crippen molar-refractivity contribution in [1.29, 1.82) is 0 Å². The molecule has 3 aliphatic heterocycles. The van der Waals surface area contributed by atoms with Crippen molar-refractivity contribution in [2.75, 3.05) is 19.8 Å². The number of rotatable bonds is 10. The predicted octanol–water partition coefficient (Wildman–Crippen LogP) is -0.323. The number of carboxylic acids is 1. The van der Waals surface area contributed by atoms with E-state index in [1.165, 1.54) is 12.5 Å². The van der Waals surface area contributed by atoms with Gasteiger partial charge in [-0.05, 0) is 104 Å². The third-order valence-corrected chi connectivity index (χ3v) is 19.8. The molecular weight excluding hydrogens is 881 g/mol. The van der Waals surface area contributed by atoms with Crippen LogP contribution >= 0.6 is 0 Å². The van der Waals surface area contributed by atoms with Crippen LogP contribution in [0.3, 0.4) is 0 Å². The molecule has 19 heteroatoms. The van der Waals surface area contributed by atoms with E-state index in [9.17, 15) is 66.1 Å². The lowest BCUT2D eigenvalue weighted by molar-refractivity contribution is -0.396. The summed E-state index contributed by atoms with van der Waals surface area (Å²) in [4.78, 5) is 12.5. The summed E-state index contributed by atoms with van der Waals surface area (Å²) in [7, 11) is 0. The molecular formula is C48H78O19. The van der Waals surface area contributed by atoms with Gasteiger partial charge in [0.2, 0.25) is 0 Å². The highest BCUT2D eigenvalue weighted by atomic mass is 16.8. The smallest absolute Gasteiger partial charge is 0.335 e. The van der Waals surface area contributed by atoms with Crippen LogP contribution < -0.4 is 0 Å². The van der Waals surface area contributed by atoms with Crippen LogP contribution in [-0.2, 0) is 33.2 Å². The Balaban J connectivity index is 1.08. The van der Waals surface area contributed by atoms with E-state index in [1.807, 2.05) is 6.92 Å². The van der Waals surface area contributed by atoms with Crippen LogP contribution in [0.15, 0.2) is 11.6 Å².